The second kappa shape index (κ2) is 4.50. The first-order chi connectivity index (χ1) is 7.27. The predicted molar refractivity (Wildman–Crippen MR) is 62.0 cm³/mol. The molecule has 2 rings (SSSR count). The average Bonchev–Trinajstić information content (AvgIpc) is 2.74. The first-order valence-electron chi connectivity index (χ1n) is 4.07. The van der Waals surface area contributed by atoms with Crippen LogP contribution in [0.5, 0.6) is 0 Å². The summed E-state index contributed by atoms with van der Waals surface area (Å²) in [5.41, 5.74) is 2.32. The van der Waals surface area contributed by atoms with Crippen LogP contribution in [0, 0.1) is 0 Å². The minimum absolute atomic E-state index is 0.163. The van der Waals surface area contributed by atoms with Crippen molar-refractivity contribution in [3.63, 3.8) is 0 Å². The number of thiazole rings is 1. The van der Waals surface area contributed by atoms with Crippen molar-refractivity contribution < 1.29 is 4.79 Å². The van der Waals surface area contributed by atoms with Gasteiger partial charge in [-0.25, -0.2) is 0 Å². The number of carbonyl (C=O) groups excluding carboxylic acids is 1. The molecule has 0 atom stereocenters. The topological polar surface area (TPSA) is 54.9 Å². The van der Waals surface area contributed by atoms with Gasteiger partial charge in [0.15, 0.2) is 0 Å². The van der Waals surface area contributed by atoms with E-state index in [4.69, 9.17) is 0 Å². The average molecular weight is 284 g/mol. The van der Waals surface area contributed by atoms with Crippen molar-refractivity contribution in [2.75, 3.05) is 5.32 Å². The molecule has 2 heterocycles. The fraction of sp³-hybridized carbons (Fsp3) is 0. The van der Waals surface area contributed by atoms with Crippen LogP contribution in [-0.4, -0.2) is 15.9 Å². The number of anilines is 1. The van der Waals surface area contributed by atoms with Crippen LogP contribution in [0.1, 0.15) is 9.67 Å². The summed E-state index contributed by atoms with van der Waals surface area (Å²) in [4.78, 5) is 20.0. The second-order valence-electron chi connectivity index (χ2n) is 2.68. The summed E-state index contributed by atoms with van der Waals surface area (Å²) in [6, 6.07) is 1.73. The lowest BCUT2D eigenvalue weighted by atomic mass is 10.4. The number of amides is 1. The van der Waals surface area contributed by atoms with Crippen LogP contribution in [0.4, 0.5) is 5.69 Å². The van der Waals surface area contributed by atoms with Crippen LogP contribution in [0.25, 0.3) is 0 Å². The maximum Gasteiger partial charge on any atom is 0.267 e. The van der Waals surface area contributed by atoms with Gasteiger partial charge in [0.25, 0.3) is 5.91 Å². The molecule has 0 saturated heterocycles. The minimum Gasteiger partial charge on any atom is -0.320 e. The number of halogens is 1. The van der Waals surface area contributed by atoms with Gasteiger partial charge in [-0.15, -0.1) is 11.3 Å². The number of pyridine rings is 1. The number of nitrogens with one attached hydrogen (secondary N) is 1. The highest BCUT2D eigenvalue weighted by molar-refractivity contribution is 9.10. The zero-order valence-corrected chi connectivity index (χ0v) is 9.88. The Hall–Kier alpha value is -1.27. The maximum atomic E-state index is 11.6. The van der Waals surface area contributed by atoms with Crippen molar-refractivity contribution in [2.45, 2.75) is 0 Å². The lowest BCUT2D eigenvalue weighted by Gasteiger charge is -2.04. The highest BCUT2D eigenvalue weighted by Gasteiger charge is 2.08. The highest BCUT2D eigenvalue weighted by atomic mass is 79.9. The van der Waals surface area contributed by atoms with Crippen molar-refractivity contribution in [3.05, 3.63) is 39.5 Å². The Morgan fingerprint density at radius 2 is 2.27 bits per heavy atom. The zero-order valence-electron chi connectivity index (χ0n) is 7.48. The molecule has 0 aliphatic carbocycles. The molecule has 0 saturated carbocycles. The van der Waals surface area contributed by atoms with Crippen LogP contribution in [0.3, 0.4) is 0 Å². The third-order valence-corrected chi connectivity index (χ3v) is 3.08. The van der Waals surface area contributed by atoms with Gasteiger partial charge in [-0.05, 0) is 22.0 Å². The van der Waals surface area contributed by atoms with Gasteiger partial charge in [0, 0.05) is 12.4 Å². The fourth-order valence-corrected chi connectivity index (χ4v) is 1.85. The number of aromatic nitrogens is 2. The maximum absolute atomic E-state index is 11.6. The molecule has 0 aliphatic heterocycles. The fourth-order valence-electron chi connectivity index (χ4n) is 0.988. The van der Waals surface area contributed by atoms with Crippen LogP contribution in [-0.2, 0) is 0 Å². The van der Waals surface area contributed by atoms with Gasteiger partial charge >= 0.3 is 0 Å². The van der Waals surface area contributed by atoms with Crippen molar-refractivity contribution in [3.8, 4) is 0 Å². The van der Waals surface area contributed by atoms with E-state index in [-0.39, 0.29) is 5.91 Å². The van der Waals surface area contributed by atoms with E-state index in [2.05, 4.69) is 31.2 Å². The molecule has 76 valence electrons. The van der Waals surface area contributed by atoms with Crippen LogP contribution < -0.4 is 5.32 Å². The summed E-state index contributed by atoms with van der Waals surface area (Å²) in [7, 11) is 0. The molecule has 4 nitrogen and oxygen atoms in total. The molecule has 0 unspecified atom stereocenters. The number of hydrogen-bond donors (Lipinski definition) is 1. The van der Waals surface area contributed by atoms with Gasteiger partial charge in [0.1, 0.15) is 4.88 Å². The Labute approximate surface area is 98.5 Å². The molecular weight excluding hydrogens is 278 g/mol. The van der Waals surface area contributed by atoms with E-state index in [1.165, 1.54) is 17.5 Å². The monoisotopic (exact) mass is 283 g/mol. The SMILES string of the molecule is O=C(Nc1ccncc1Br)c1cncs1. The largest absolute Gasteiger partial charge is 0.320 e. The van der Waals surface area contributed by atoms with Gasteiger partial charge in [-0.2, -0.15) is 0 Å². The quantitative estimate of drug-likeness (QED) is 0.922. The van der Waals surface area contributed by atoms with Gasteiger partial charge in [0.05, 0.1) is 21.9 Å². The molecule has 1 N–H and O–H groups in total. The molecule has 1 amide bonds. The van der Waals surface area contributed by atoms with E-state index in [1.54, 1.807) is 24.0 Å². The Balaban J connectivity index is 2.17. The third kappa shape index (κ3) is 2.40. The molecule has 0 radical (unpaired) electrons. The summed E-state index contributed by atoms with van der Waals surface area (Å²) in [5.74, 6) is -0.163. The number of hydrogen-bond acceptors (Lipinski definition) is 4. The second-order valence-corrected chi connectivity index (χ2v) is 4.42. The number of rotatable bonds is 2. The minimum atomic E-state index is -0.163. The summed E-state index contributed by atoms with van der Waals surface area (Å²) in [6.07, 6.45) is 4.78. The van der Waals surface area contributed by atoms with Crippen molar-refractivity contribution in [1.29, 1.82) is 0 Å². The lowest BCUT2D eigenvalue weighted by Crippen LogP contribution is -2.10. The van der Waals surface area contributed by atoms with Crippen molar-refractivity contribution >= 4 is 38.9 Å². The van der Waals surface area contributed by atoms with Crippen molar-refractivity contribution in [2.24, 2.45) is 0 Å². The molecule has 0 aliphatic rings. The van der Waals surface area contributed by atoms with E-state index in [9.17, 15) is 4.79 Å². The molecular formula is C9H6BrN3OS. The Kier molecular flexibility index (Phi) is 3.08. The lowest BCUT2D eigenvalue weighted by molar-refractivity contribution is 0.103. The molecule has 2 aromatic rings. The van der Waals surface area contributed by atoms with Crippen LogP contribution >= 0.6 is 27.3 Å². The number of carbonyl (C=O) groups is 1. The summed E-state index contributed by atoms with van der Waals surface area (Å²) >= 11 is 4.60. The molecule has 0 fully saturated rings. The van der Waals surface area contributed by atoms with E-state index in [0.29, 0.717) is 10.6 Å². The summed E-state index contributed by atoms with van der Waals surface area (Å²) < 4.78 is 0.753. The van der Waals surface area contributed by atoms with E-state index >= 15 is 0 Å². The van der Waals surface area contributed by atoms with Gasteiger partial charge in [-0.3, -0.25) is 14.8 Å². The van der Waals surface area contributed by atoms with Gasteiger partial charge < -0.3 is 5.32 Å². The first kappa shape index (κ1) is 10.3. The summed E-state index contributed by atoms with van der Waals surface area (Å²) in [5, 5.41) is 2.76. The van der Waals surface area contributed by atoms with Crippen LogP contribution in [0.15, 0.2) is 34.6 Å². The zero-order chi connectivity index (χ0) is 10.7. The van der Waals surface area contributed by atoms with Crippen molar-refractivity contribution in [1.82, 2.24) is 9.97 Å². The predicted octanol–water partition coefficient (Wildman–Crippen LogP) is 2.55. The molecule has 0 aromatic carbocycles. The van der Waals surface area contributed by atoms with Crippen LogP contribution in [0.2, 0.25) is 0 Å². The smallest absolute Gasteiger partial charge is 0.267 e. The Morgan fingerprint density at radius 3 is 2.93 bits per heavy atom. The van der Waals surface area contributed by atoms with E-state index in [0.717, 1.165) is 4.47 Å². The number of nitrogens with zero attached hydrogens (tertiary/aromatic N) is 2. The van der Waals surface area contributed by atoms with Gasteiger partial charge in [0.2, 0.25) is 0 Å². The van der Waals surface area contributed by atoms with E-state index in [1.807, 2.05) is 0 Å². The Bertz CT molecular complexity index is 472. The molecule has 0 spiro atoms. The standard InChI is InChI=1S/C9H6BrN3OS/c10-6-3-11-2-1-7(6)13-9(14)8-4-12-5-15-8/h1-5H,(H,11,13,14). The molecule has 15 heavy (non-hydrogen) atoms. The van der Waals surface area contributed by atoms with Gasteiger partial charge in [-0.1, -0.05) is 0 Å². The first-order valence-corrected chi connectivity index (χ1v) is 5.74. The third-order valence-electron chi connectivity index (χ3n) is 1.68. The molecule has 0 bridgehead atoms. The normalized spacial score (nSPS) is 9.93. The summed E-state index contributed by atoms with van der Waals surface area (Å²) in [6.45, 7) is 0. The molecule has 6 heteroatoms. The Morgan fingerprint density at radius 1 is 1.40 bits per heavy atom. The highest BCUT2D eigenvalue weighted by Crippen LogP contribution is 2.21. The molecule has 2 aromatic heterocycles. The van der Waals surface area contributed by atoms with E-state index < -0.39 is 0 Å².